The molecule has 0 bridgehead atoms. The van der Waals surface area contributed by atoms with Crippen LogP contribution in [0.5, 0.6) is 0 Å². The first-order chi connectivity index (χ1) is 6.54. The standard InChI is InChI=1S/2C4H9NS2.Ca/c2*1-2-3-5-4(6)7;/h2*2-3H2,1H3,(H2,5,6,7);/q;;+2/p-2. The Balaban J connectivity index is -0.000000180. The van der Waals surface area contributed by atoms with Crippen LogP contribution in [0.15, 0.2) is 0 Å². The zero-order chi connectivity index (χ0) is 11.4. The Hall–Kier alpha value is 1.48. The topological polar surface area (TPSA) is 24.1 Å². The molecule has 0 aliphatic heterocycles. The van der Waals surface area contributed by atoms with Gasteiger partial charge in [-0.15, -0.1) is 0 Å². The predicted molar refractivity (Wildman–Crippen MR) is 82.3 cm³/mol. The molecule has 0 spiro atoms. The van der Waals surface area contributed by atoms with E-state index in [1.54, 1.807) is 0 Å². The van der Waals surface area contributed by atoms with Gasteiger partial charge in [0.15, 0.2) is 0 Å². The zero-order valence-electron chi connectivity index (χ0n) is 9.17. The van der Waals surface area contributed by atoms with E-state index in [0.717, 1.165) is 25.9 Å². The van der Waals surface area contributed by atoms with E-state index in [4.69, 9.17) is 0 Å². The van der Waals surface area contributed by atoms with Crippen molar-refractivity contribution in [2.45, 2.75) is 26.7 Å². The van der Waals surface area contributed by atoms with E-state index in [9.17, 15) is 0 Å². The van der Waals surface area contributed by atoms with E-state index >= 15 is 0 Å². The fourth-order valence-corrected chi connectivity index (χ4v) is 0.862. The molecule has 0 aromatic rings. The number of rotatable bonds is 4. The maximum Gasteiger partial charge on any atom is 2.00 e. The zero-order valence-corrected chi connectivity index (χ0v) is 14.6. The van der Waals surface area contributed by atoms with Crippen molar-refractivity contribution in [2.24, 2.45) is 0 Å². The van der Waals surface area contributed by atoms with Crippen molar-refractivity contribution in [3.05, 3.63) is 0 Å². The minimum Gasteiger partial charge on any atom is -0.412 e. The summed E-state index contributed by atoms with van der Waals surface area (Å²) in [4.78, 5) is 0. The quantitative estimate of drug-likeness (QED) is 0.461. The molecule has 0 saturated heterocycles. The molecular weight excluding hydrogens is 292 g/mol. The monoisotopic (exact) mass is 308 g/mol. The van der Waals surface area contributed by atoms with E-state index in [1.165, 1.54) is 0 Å². The molecule has 84 valence electrons. The normalized spacial score (nSPS) is 7.60. The Morgan fingerprint density at radius 2 is 1.20 bits per heavy atom. The summed E-state index contributed by atoms with van der Waals surface area (Å²) in [6, 6.07) is 0. The third kappa shape index (κ3) is 31.3. The van der Waals surface area contributed by atoms with Gasteiger partial charge in [-0.2, -0.15) is 0 Å². The van der Waals surface area contributed by atoms with Crippen molar-refractivity contribution in [1.29, 1.82) is 0 Å². The Kier molecular flexibility index (Phi) is 25.9. The fourth-order valence-electron chi connectivity index (χ4n) is 0.454. The average Bonchev–Trinajstić information content (AvgIpc) is 2.12. The predicted octanol–water partition coefficient (Wildman–Crippen LogP) is 1.25. The Labute approximate surface area is 145 Å². The molecule has 0 heterocycles. The molecule has 7 heteroatoms. The Bertz CT molecular complexity index is 149. The van der Waals surface area contributed by atoms with Crippen LogP contribution in [0.25, 0.3) is 0 Å². The van der Waals surface area contributed by atoms with Gasteiger partial charge in [0.25, 0.3) is 0 Å². The largest absolute Gasteiger partial charge is 2.00 e. The van der Waals surface area contributed by atoms with Crippen LogP contribution in [0.3, 0.4) is 0 Å². The van der Waals surface area contributed by atoms with E-state index in [2.05, 4.69) is 74.2 Å². The van der Waals surface area contributed by atoms with Gasteiger partial charge in [0.2, 0.25) is 0 Å². The molecule has 0 rings (SSSR count). The van der Waals surface area contributed by atoms with Crippen LogP contribution < -0.4 is 10.6 Å². The SMILES string of the molecule is CCCNC(=S)[S-].CCCNC(=S)[S-].[Ca+2]. The summed E-state index contributed by atoms with van der Waals surface area (Å²) in [5.41, 5.74) is 0. The molecule has 0 saturated carbocycles. The van der Waals surface area contributed by atoms with Crippen molar-refractivity contribution in [1.82, 2.24) is 10.6 Å². The van der Waals surface area contributed by atoms with Gasteiger partial charge < -0.3 is 60.3 Å². The molecule has 2 nitrogen and oxygen atoms in total. The molecule has 0 fully saturated rings. The molecule has 0 radical (unpaired) electrons. The third-order valence-corrected chi connectivity index (χ3v) is 1.62. The Morgan fingerprint density at radius 3 is 1.27 bits per heavy atom. The van der Waals surface area contributed by atoms with Gasteiger partial charge in [0, 0.05) is 13.1 Å². The summed E-state index contributed by atoms with van der Waals surface area (Å²) in [6.45, 7) is 5.95. The first-order valence-corrected chi connectivity index (χ1v) is 6.07. The molecule has 0 unspecified atom stereocenters. The smallest absolute Gasteiger partial charge is 0.412 e. The maximum absolute atomic E-state index is 4.56. The molecule has 0 aromatic carbocycles. The molecule has 15 heavy (non-hydrogen) atoms. The van der Waals surface area contributed by atoms with E-state index < -0.39 is 0 Å². The second-order valence-corrected chi connectivity index (χ2v) is 4.58. The first kappa shape index (κ1) is 21.7. The van der Waals surface area contributed by atoms with Gasteiger partial charge in [0.05, 0.1) is 0 Å². The number of hydrogen-bond donors (Lipinski definition) is 2. The van der Waals surface area contributed by atoms with Gasteiger partial charge in [-0.05, 0) is 12.8 Å². The summed E-state index contributed by atoms with van der Waals surface area (Å²) in [6.07, 6.45) is 2.16. The van der Waals surface area contributed by atoms with Crippen LogP contribution in [0.1, 0.15) is 26.7 Å². The van der Waals surface area contributed by atoms with Gasteiger partial charge in [-0.1, -0.05) is 22.5 Å². The van der Waals surface area contributed by atoms with Gasteiger partial charge >= 0.3 is 37.7 Å². The molecular formula is C8H16CaN2S4. The average molecular weight is 309 g/mol. The number of thiocarbonyl (C=S) groups is 2. The number of hydrogen-bond acceptors (Lipinski definition) is 4. The molecule has 0 atom stereocenters. The number of nitrogens with one attached hydrogen (secondary N) is 2. The van der Waals surface area contributed by atoms with Crippen LogP contribution in [0.4, 0.5) is 0 Å². The fraction of sp³-hybridized carbons (Fsp3) is 0.750. The van der Waals surface area contributed by atoms with Crippen LogP contribution in [0.2, 0.25) is 0 Å². The molecule has 0 aromatic heterocycles. The summed E-state index contributed by atoms with van der Waals surface area (Å²) < 4.78 is 0.948. The van der Waals surface area contributed by atoms with Gasteiger partial charge in [-0.3, -0.25) is 0 Å². The van der Waals surface area contributed by atoms with Crippen molar-refractivity contribution in [2.75, 3.05) is 13.1 Å². The Morgan fingerprint density at radius 1 is 0.933 bits per heavy atom. The first-order valence-electron chi connectivity index (χ1n) is 4.44. The summed E-state index contributed by atoms with van der Waals surface area (Å²) >= 11 is 18.3. The van der Waals surface area contributed by atoms with Crippen LogP contribution >= 0.6 is 24.4 Å². The van der Waals surface area contributed by atoms with E-state index in [0.29, 0.717) is 8.64 Å². The summed E-state index contributed by atoms with van der Waals surface area (Å²) in [5, 5.41) is 5.68. The second kappa shape index (κ2) is 17.9. The van der Waals surface area contributed by atoms with Crippen molar-refractivity contribution in [3.8, 4) is 0 Å². The molecule has 0 amide bonds. The van der Waals surface area contributed by atoms with Gasteiger partial charge in [-0.25, -0.2) is 0 Å². The van der Waals surface area contributed by atoms with Gasteiger partial charge in [0.1, 0.15) is 0 Å². The minimum absolute atomic E-state index is 0. The minimum atomic E-state index is 0. The molecule has 0 aliphatic rings. The molecule has 0 aliphatic carbocycles. The van der Waals surface area contributed by atoms with Crippen molar-refractivity contribution < 1.29 is 0 Å². The van der Waals surface area contributed by atoms with Crippen LogP contribution in [-0.4, -0.2) is 59.5 Å². The van der Waals surface area contributed by atoms with Crippen LogP contribution in [0, 0.1) is 0 Å². The maximum atomic E-state index is 4.56. The van der Waals surface area contributed by atoms with Crippen molar-refractivity contribution >= 4 is 96.1 Å². The van der Waals surface area contributed by atoms with Crippen LogP contribution in [-0.2, 0) is 25.3 Å². The summed E-state index contributed by atoms with van der Waals surface area (Å²) in [7, 11) is 0. The van der Waals surface area contributed by atoms with Crippen molar-refractivity contribution in [3.63, 3.8) is 0 Å². The summed E-state index contributed by atoms with van der Waals surface area (Å²) in [5.74, 6) is 0. The molecule has 2 N–H and O–H groups in total. The van der Waals surface area contributed by atoms with E-state index in [-0.39, 0.29) is 37.7 Å². The third-order valence-electron chi connectivity index (χ3n) is 1.04. The van der Waals surface area contributed by atoms with E-state index in [1.807, 2.05) is 0 Å². The second-order valence-electron chi connectivity index (χ2n) is 2.43.